The van der Waals surface area contributed by atoms with Crippen LogP contribution in [0, 0.1) is 0 Å². The van der Waals surface area contributed by atoms with Crippen LogP contribution in [0.2, 0.25) is 0 Å². The number of hydrogen-bond donors (Lipinski definition) is 2. The van der Waals surface area contributed by atoms with Crippen molar-refractivity contribution in [1.82, 2.24) is 9.36 Å². The third-order valence-electron chi connectivity index (χ3n) is 5.08. The molecule has 4 aromatic rings. The molecule has 0 radical (unpaired) electrons. The number of phenolic OH excluding ortho intramolecular Hbond substituents is 1. The molecule has 1 aliphatic rings. The van der Waals surface area contributed by atoms with Gasteiger partial charge in [0.2, 0.25) is 5.13 Å². The number of aromatic nitrogens is 2. The smallest absolute Gasteiger partial charge is 0.413 e. The van der Waals surface area contributed by atoms with Crippen LogP contribution >= 0.6 is 11.5 Å². The largest absolute Gasteiger partial charge is 0.508 e. The number of benzene rings is 3. The highest BCUT2D eigenvalue weighted by Crippen LogP contribution is 2.44. The summed E-state index contributed by atoms with van der Waals surface area (Å²) in [7, 11) is 0. The summed E-state index contributed by atoms with van der Waals surface area (Å²) in [6, 6.07) is 23.0. The number of carbonyl (C=O) groups is 1. The lowest BCUT2D eigenvalue weighted by Crippen LogP contribution is -2.17. The maximum Gasteiger partial charge on any atom is 0.413 e. The predicted octanol–water partition coefficient (Wildman–Crippen LogP) is 5.27. The molecule has 1 aromatic heterocycles. The molecule has 1 aliphatic carbocycles. The van der Waals surface area contributed by atoms with Crippen LogP contribution in [-0.4, -0.2) is 27.2 Å². The molecule has 0 bridgehead atoms. The molecule has 0 aliphatic heterocycles. The molecule has 0 saturated heterocycles. The summed E-state index contributed by atoms with van der Waals surface area (Å²) in [4.78, 5) is 16.7. The van der Waals surface area contributed by atoms with Gasteiger partial charge in [-0.1, -0.05) is 60.7 Å². The van der Waals surface area contributed by atoms with Crippen LogP contribution in [0.15, 0.2) is 72.8 Å². The van der Waals surface area contributed by atoms with Crippen LogP contribution in [-0.2, 0) is 4.74 Å². The van der Waals surface area contributed by atoms with Crippen molar-refractivity contribution < 1.29 is 14.6 Å². The molecule has 1 amide bonds. The Morgan fingerprint density at radius 2 is 1.70 bits per heavy atom. The number of phenols is 1. The van der Waals surface area contributed by atoms with E-state index >= 15 is 0 Å². The highest BCUT2D eigenvalue weighted by Gasteiger charge is 2.29. The Hall–Kier alpha value is -3.71. The quantitative estimate of drug-likeness (QED) is 0.474. The first kappa shape index (κ1) is 18.3. The molecule has 0 unspecified atom stereocenters. The van der Waals surface area contributed by atoms with Crippen molar-refractivity contribution in [2.45, 2.75) is 5.92 Å². The van der Waals surface area contributed by atoms with Gasteiger partial charge in [-0.3, -0.25) is 5.32 Å². The Kier molecular flexibility index (Phi) is 4.65. The zero-order chi connectivity index (χ0) is 20.5. The molecule has 5 rings (SSSR count). The summed E-state index contributed by atoms with van der Waals surface area (Å²) >= 11 is 1.06. The van der Waals surface area contributed by atoms with E-state index in [1.807, 2.05) is 24.3 Å². The lowest BCUT2D eigenvalue weighted by Gasteiger charge is -2.14. The van der Waals surface area contributed by atoms with Gasteiger partial charge in [-0.2, -0.15) is 9.36 Å². The first-order valence-electron chi connectivity index (χ1n) is 9.44. The molecule has 148 valence electrons. The van der Waals surface area contributed by atoms with E-state index < -0.39 is 6.09 Å². The van der Waals surface area contributed by atoms with Crippen molar-refractivity contribution in [2.24, 2.45) is 0 Å². The lowest BCUT2D eigenvalue weighted by molar-refractivity contribution is 0.158. The Morgan fingerprint density at radius 3 is 2.40 bits per heavy atom. The van der Waals surface area contributed by atoms with Crippen LogP contribution in [0.25, 0.3) is 22.5 Å². The number of nitrogens with one attached hydrogen (secondary N) is 1. The second kappa shape index (κ2) is 7.61. The van der Waals surface area contributed by atoms with Gasteiger partial charge in [0.25, 0.3) is 0 Å². The molecule has 30 heavy (non-hydrogen) atoms. The van der Waals surface area contributed by atoms with Gasteiger partial charge >= 0.3 is 6.09 Å². The van der Waals surface area contributed by atoms with Crippen molar-refractivity contribution in [3.05, 3.63) is 83.9 Å². The Balaban J connectivity index is 1.27. The van der Waals surface area contributed by atoms with Gasteiger partial charge in [0.1, 0.15) is 12.4 Å². The maximum atomic E-state index is 12.4. The van der Waals surface area contributed by atoms with Gasteiger partial charge in [-0.15, -0.1) is 0 Å². The normalized spacial score (nSPS) is 12.3. The van der Waals surface area contributed by atoms with Crippen molar-refractivity contribution in [2.75, 3.05) is 11.9 Å². The van der Waals surface area contributed by atoms with Crippen molar-refractivity contribution in [3.8, 4) is 28.3 Å². The molecular weight excluding hydrogens is 398 g/mol. The average molecular weight is 415 g/mol. The average Bonchev–Trinajstić information content (AvgIpc) is 3.35. The molecule has 0 saturated carbocycles. The molecule has 0 spiro atoms. The van der Waals surface area contributed by atoms with Gasteiger partial charge in [-0.05, 0) is 34.4 Å². The topological polar surface area (TPSA) is 84.3 Å². The minimum absolute atomic E-state index is 0.000393. The second-order valence-corrected chi connectivity index (χ2v) is 7.68. The van der Waals surface area contributed by atoms with E-state index in [4.69, 9.17) is 4.74 Å². The Labute approximate surface area is 177 Å². The van der Waals surface area contributed by atoms with Gasteiger partial charge in [-0.25, -0.2) is 4.79 Å². The van der Waals surface area contributed by atoms with E-state index in [1.54, 1.807) is 24.3 Å². The third-order valence-corrected chi connectivity index (χ3v) is 5.71. The number of amides is 1. The number of carbonyl (C=O) groups excluding carboxylic acids is 1. The zero-order valence-corrected chi connectivity index (χ0v) is 16.6. The fourth-order valence-electron chi connectivity index (χ4n) is 3.76. The molecule has 0 atom stereocenters. The maximum absolute atomic E-state index is 12.4. The lowest BCUT2D eigenvalue weighted by atomic mass is 9.98. The number of anilines is 1. The van der Waals surface area contributed by atoms with Crippen LogP contribution in [0.1, 0.15) is 17.0 Å². The van der Waals surface area contributed by atoms with Gasteiger partial charge in [0, 0.05) is 23.0 Å². The number of ether oxygens (including phenoxy) is 1. The van der Waals surface area contributed by atoms with Crippen molar-refractivity contribution in [3.63, 3.8) is 0 Å². The highest BCUT2D eigenvalue weighted by atomic mass is 32.1. The van der Waals surface area contributed by atoms with Gasteiger partial charge in [0.05, 0.1) is 0 Å². The fraction of sp³-hybridized carbons (Fsp3) is 0.0870. The third kappa shape index (κ3) is 3.40. The molecule has 2 N–H and O–H groups in total. The molecule has 7 heteroatoms. The molecule has 0 fully saturated rings. The minimum atomic E-state index is -0.574. The molecule has 1 heterocycles. The number of fused-ring (bicyclic) bond motifs is 3. The minimum Gasteiger partial charge on any atom is -0.508 e. The molecular formula is C23H17N3O3S. The van der Waals surface area contributed by atoms with Gasteiger partial charge in [0.15, 0.2) is 5.82 Å². The summed E-state index contributed by atoms with van der Waals surface area (Å²) in [5, 5.41) is 12.6. The Morgan fingerprint density at radius 1 is 1.00 bits per heavy atom. The summed E-state index contributed by atoms with van der Waals surface area (Å²) in [5.41, 5.74) is 5.36. The molecule has 6 nitrogen and oxygen atoms in total. The van der Waals surface area contributed by atoms with Gasteiger partial charge < -0.3 is 9.84 Å². The first-order valence-corrected chi connectivity index (χ1v) is 10.2. The number of hydrogen-bond acceptors (Lipinski definition) is 6. The predicted molar refractivity (Wildman–Crippen MR) is 116 cm³/mol. The van der Waals surface area contributed by atoms with Crippen molar-refractivity contribution >= 4 is 22.8 Å². The SMILES string of the molecule is O=C(Nc1nc(-c2cccc(O)c2)ns1)OCC1c2ccccc2-c2ccccc21. The van der Waals surface area contributed by atoms with E-state index in [0.717, 1.165) is 22.7 Å². The summed E-state index contributed by atoms with van der Waals surface area (Å²) in [5.74, 6) is 0.568. The van der Waals surface area contributed by atoms with Crippen LogP contribution in [0.5, 0.6) is 5.75 Å². The summed E-state index contributed by atoms with van der Waals surface area (Å²) < 4.78 is 9.75. The van der Waals surface area contributed by atoms with Crippen LogP contribution < -0.4 is 5.32 Å². The standard InChI is InChI=1S/C23H17N3O3S/c27-15-7-5-6-14(12-15)21-24-22(30-26-21)25-23(28)29-13-20-18-10-3-1-8-16(18)17-9-2-4-11-19(17)20/h1-12,20,27H,13H2,(H,24,25,26,28). The van der Waals surface area contributed by atoms with Crippen LogP contribution in [0.3, 0.4) is 0 Å². The van der Waals surface area contributed by atoms with E-state index in [1.165, 1.54) is 11.1 Å². The van der Waals surface area contributed by atoms with Crippen LogP contribution in [0.4, 0.5) is 9.93 Å². The number of rotatable bonds is 4. The fourth-order valence-corrected chi connectivity index (χ4v) is 4.33. The number of aromatic hydroxyl groups is 1. The Bertz CT molecular complexity index is 1190. The van der Waals surface area contributed by atoms with E-state index in [9.17, 15) is 9.90 Å². The highest BCUT2D eigenvalue weighted by molar-refractivity contribution is 7.10. The first-order chi connectivity index (χ1) is 14.7. The zero-order valence-electron chi connectivity index (χ0n) is 15.8. The number of nitrogens with zero attached hydrogens (tertiary/aromatic N) is 2. The monoisotopic (exact) mass is 415 g/mol. The van der Waals surface area contributed by atoms with Crippen molar-refractivity contribution in [1.29, 1.82) is 0 Å². The van der Waals surface area contributed by atoms with E-state index in [2.05, 4.69) is 38.9 Å². The summed E-state index contributed by atoms with van der Waals surface area (Å²) in [6.07, 6.45) is -0.574. The van der Waals surface area contributed by atoms with E-state index in [-0.39, 0.29) is 18.3 Å². The molecule has 3 aromatic carbocycles. The second-order valence-electron chi connectivity index (χ2n) is 6.92. The summed E-state index contributed by atoms with van der Waals surface area (Å²) in [6.45, 7) is 0.234. The van der Waals surface area contributed by atoms with E-state index in [0.29, 0.717) is 16.5 Å².